The monoisotopic (exact) mass is 198 g/mol. The topological polar surface area (TPSA) is 55.8 Å². The molecule has 0 spiro atoms. The van der Waals surface area contributed by atoms with E-state index in [2.05, 4.69) is 0 Å². The molecule has 0 amide bonds. The van der Waals surface area contributed by atoms with Crippen LogP contribution in [-0.4, -0.2) is 17.9 Å². The van der Waals surface area contributed by atoms with Gasteiger partial charge in [-0.2, -0.15) is 0 Å². The summed E-state index contributed by atoms with van der Waals surface area (Å²) in [5.74, 6) is -0.624. The molecule has 74 valence electrons. The number of halogens is 1. The van der Waals surface area contributed by atoms with Gasteiger partial charge in [-0.05, 0) is 12.1 Å². The number of carbonyl (C=O) groups is 1. The lowest BCUT2D eigenvalue weighted by molar-refractivity contribution is -0.143. The first-order valence-electron chi connectivity index (χ1n) is 3.95. The number of rotatable bonds is 2. The van der Waals surface area contributed by atoms with Crippen LogP contribution in [0.1, 0.15) is 11.7 Å². The van der Waals surface area contributed by atoms with Crippen LogP contribution < -0.4 is 9.47 Å². The van der Waals surface area contributed by atoms with Crippen LogP contribution in [0.4, 0.5) is 4.39 Å². The Morgan fingerprint density at radius 2 is 2.14 bits per heavy atom. The summed E-state index contributed by atoms with van der Waals surface area (Å²) in [5.41, 5.74) is 0.0572. The van der Waals surface area contributed by atoms with E-state index in [1.54, 1.807) is 0 Å². The Bertz CT molecular complexity index is 377. The normalized spacial score (nSPS) is 15.2. The zero-order valence-electron chi connectivity index (χ0n) is 7.07. The molecule has 1 aliphatic heterocycles. The van der Waals surface area contributed by atoms with Gasteiger partial charge in [0.25, 0.3) is 0 Å². The van der Waals surface area contributed by atoms with Gasteiger partial charge >= 0.3 is 5.97 Å². The third-order valence-electron chi connectivity index (χ3n) is 1.91. The summed E-state index contributed by atoms with van der Waals surface area (Å²) in [6.07, 6.45) is -2.02. The van der Waals surface area contributed by atoms with Gasteiger partial charge in [-0.15, -0.1) is 0 Å². The molecule has 1 aromatic carbocycles. The van der Waals surface area contributed by atoms with Gasteiger partial charge in [0.15, 0.2) is 11.5 Å². The number of carboxylic acid groups (broad SMARTS) is 1. The van der Waals surface area contributed by atoms with Crippen molar-refractivity contribution in [2.75, 3.05) is 6.79 Å². The van der Waals surface area contributed by atoms with Crippen molar-refractivity contribution in [1.29, 1.82) is 0 Å². The fraction of sp³-hybridized carbons (Fsp3) is 0.222. The molecule has 1 atom stereocenters. The Hall–Kier alpha value is -1.78. The average molecular weight is 198 g/mol. The SMILES string of the molecule is O=C(O)C(F)c1ccc2c(c1)OCO2. The van der Waals surface area contributed by atoms with Crippen LogP contribution in [-0.2, 0) is 4.79 Å². The van der Waals surface area contributed by atoms with E-state index in [4.69, 9.17) is 14.6 Å². The number of hydrogen-bond acceptors (Lipinski definition) is 3. The van der Waals surface area contributed by atoms with Gasteiger partial charge in [0.2, 0.25) is 13.0 Å². The molecule has 0 saturated carbocycles. The molecule has 0 radical (unpaired) electrons. The minimum atomic E-state index is -2.02. The molecule has 1 N–H and O–H groups in total. The van der Waals surface area contributed by atoms with E-state index in [-0.39, 0.29) is 12.4 Å². The van der Waals surface area contributed by atoms with Crippen LogP contribution in [0.3, 0.4) is 0 Å². The number of benzene rings is 1. The van der Waals surface area contributed by atoms with Crippen LogP contribution in [0.15, 0.2) is 18.2 Å². The molecule has 4 nitrogen and oxygen atoms in total. The second-order valence-corrected chi connectivity index (χ2v) is 2.81. The summed E-state index contributed by atoms with van der Waals surface area (Å²) in [6.45, 7) is 0.0861. The molecule has 0 bridgehead atoms. The van der Waals surface area contributed by atoms with Crippen molar-refractivity contribution < 1.29 is 23.8 Å². The van der Waals surface area contributed by atoms with Crippen LogP contribution in [0.2, 0.25) is 0 Å². The smallest absolute Gasteiger partial charge is 0.343 e. The average Bonchev–Trinajstić information content (AvgIpc) is 2.62. The highest BCUT2D eigenvalue weighted by Crippen LogP contribution is 2.34. The Kier molecular flexibility index (Phi) is 1.99. The molecular formula is C9H7FO4. The molecule has 5 heteroatoms. The molecule has 14 heavy (non-hydrogen) atoms. The van der Waals surface area contributed by atoms with Gasteiger partial charge in [-0.25, -0.2) is 9.18 Å². The molecule has 0 aliphatic carbocycles. The molecule has 1 aromatic rings. The van der Waals surface area contributed by atoms with Crippen molar-refractivity contribution in [3.05, 3.63) is 23.8 Å². The maximum absolute atomic E-state index is 13.0. The lowest BCUT2D eigenvalue weighted by Gasteiger charge is -2.03. The van der Waals surface area contributed by atoms with E-state index >= 15 is 0 Å². The molecule has 1 unspecified atom stereocenters. The number of alkyl halides is 1. The fourth-order valence-corrected chi connectivity index (χ4v) is 1.21. The first-order chi connectivity index (χ1) is 6.68. The van der Waals surface area contributed by atoms with Gasteiger partial charge in [-0.3, -0.25) is 0 Å². The number of carboxylic acids is 1. The molecule has 1 aliphatic rings. The van der Waals surface area contributed by atoms with Crippen molar-refractivity contribution in [3.63, 3.8) is 0 Å². The summed E-state index contributed by atoms with van der Waals surface area (Å²) in [7, 11) is 0. The molecule has 2 rings (SSSR count). The lowest BCUT2D eigenvalue weighted by atomic mass is 10.1. The first-order valence-corrected chi connectivity index (χ1v) is 3.95. The number of fused-ring (bicyclic) bond motifs is 1. The summed E-state index contributed by atoms with van der Waals surface area (Å²) in [6, 6.07) is 4.20. The predicted octanol–water partition coefficient (Wildman–Crippen LogP) is 1.51. The highest BCUT2D eigenvalue weighted by molar-refractivity contribution is 5.74. The quantitative estimate of drug-likeness (QED) is 0.782. The number of hydrogen-bond donors (Lipinski definition) is 1. The maximum Gasteiger partial charge on any atom is 0.343 e. The van der Waals surface area contributed by atoms with E-state index in [1.165, 1.54) is 18.2 Å². The Morgan fingerprint density at radius 1 is 1.43 bits per heavy atom. The summed E-state index contributed by atoms with van der Waals surface area (Å²) >= 11 is 0. The van der Waals surface area contributed by atoms with Gasteiger partial charge in [-0.1, -0.05) is 6.07 Å². The predicted molar refractivity (Wildman–Crippen MR) is 44.0 cm³/mol. The largest absolute Gasteiger partial charge is 0.479 e. The zero-order valence-corrected chi connectivity index (χ0v) is 7.07. The number of ether oxygens (including phenoxy) is 2. The minimum absolute atomic E-state index is 0.0572. The van der Waals surface area contributed by atoms with E-state index in [0.29, 0.717) is 11.5 Å². The van der Waals surface area contributed by atoms with Crippen molar-refractivity contribution in [2.45, 2.75) is 6.17 Å². The molecular weight excluding hydrogens is 191 g/mol. The first kappa shape index (κ1) is 8.80. The highest BCUT2D eigenvalue weighted by atomic mass is 19.1. The Balaban J connectivity index is 2.33. The summed E-state index contributed by atoms with van der Waals surface area (Å²) in [4.78, 5) is 10.4. The maximum atomic E-state index is 13.0. The van der Waals surface area contributed by atoms with Crippen molar-refractivity contribution in [3.8, 4) is 11.5 Å². The fourth-order valence-electron chi connectivity index (χ4n) is 1.21. The highest BCUT2D eigenvalue weighted by Gasteiger charge is 2.22. The van der Waals surface area contributed by atoms with Crippen LogP contribution in [0.5, 0.6) is 11.5 Å². The van der Waals surface area contributed by atoms with Crippen LogP contribution in [0, 0.1) is 0 Å². The van der Waals surface area contributed by atoms with Crippen molar-refractivity contribution >= 4 is 5.97 Å². The van der Waals surface area contributed by atoms with Crippen molar-refractivity contribution in [2.24, 2.45) is 0 Å². The van der Waals surface area contributed by atoms with Gasteiger partial charge in [0, 0.05) is 5.56 Å². The van der Waals surface area contributed by atoms with Gasteiger partial charge < -0.3 is 14.6 Å². The second-order valence-electron chi connectivity index (χ2n) is 2.81. The van der Waals surface area contributed by atoms with Crippen molar-refractivity contribution in [1.82, 2.24) is 0 Å². The molecule has 0 saturated heterocycles. The third kappa shape index (κ3) is 1.37. The standard InChI is InChI=1S/C9H7FO4/c10-8(9(11)12)5-1-2-6-7(3-5)14-4-13-6/h1-3,8H,4H2,(H,11,12). The van der Waals surface area contributed by atoms with Crippen LogP contribution >= 0.6 is 0 Å². The molecule has 0 aromatic heterocycles. The zero-order chi connectivity index (χ0) is 10.1. The second kappa shape index (κ2) is 3.17. The van der Waals surface area contributed by atoms with Gasteiger partial charge in [0.1, 0.15) is 0 Å². The molecule has 1 heterocycles. The van der Waals surface area contributed by atoms with Crippen LogP contribution in [0.25, 0.3) is 0 Å². The third-order valence-corrected chi connectivity index (χ3v) is 1.91. The van der Waals surface area contributed by atoms with E-state index < -0.39 is 12.1 Å². The Labute approximate surface area is 78.9 Å². The Morgan fingerprint density at radius 3 is 2.86 bits per heavy atom. The van der Waals surface area contributed by atoms with E-state index in [0.717, 1.165) is 0 Å². The summed E-state index contributed by atoms with van der Waals surface area (Å²) < 4.78 is 23.0. The molecule has 0 fully saturated rings. The van der Waals surface area contributed by atoms with E-state index in [9.17, 15) is 9.18 Å². The van der Waals surface area contributed by atoms with E-state index in [1.807, 2.05) is 0 Å². The minimum Gasteiger partial charge on any atom is -0.479 e. The van der Waals surface area contributed by atoms with Gasteiger partial charge in [0.05, 0.1) is 0 Å². The summed E-state index contributed by atoms with van der Waals surface area (Å²) in [5, 5.41) is 8.44. The number of aliphatic carboxylic acids is 1. The lowest BCUT2D eigenvalue weighted by Crippen LogP contribution is -2.05.